The Labute approximate surface area is 298 Å². The minimum Gasteiger partial charge on any atom is -0.339 e. The molecule has 0 saturated carbocycles. The van der Waals surface area contributed by atoms with E-state index in [-0.39, 0.29) is 29.9 Å². The van der Waals surface area contributed by atoms with Crippen LogP contribution in [-0.2, 0) is 37.4 Å². The average Bonchev–Trinajstić information content (AvgIpc) is 3.92. The third-order valence-corrected chi connectivity index (χ3v) is 10.4. The van der Waals surface area contributed by atoms with Crippen molar-refractivity contribution < 1.29 is 19.2 Å². The zero-order chi connectivity index (χ0) is 35.5. The van der Waals surface area contributed by atoms with Gasteiger partial charge in [-0.05, 0) is 73.9 Å². The maximum atomic E-state index is 14.0. The number of hydrogen-bond donors (Lipinski definition) is 2. The van der Waals surface area contributed by atoms with E-state index < -0.39 is 17.5 Å². The van der Waals surface area contributed by atoms with Gasteiger partial charge in [0.15, 0.2) is 5.78 Å². The number of likely N-dealkylation sites (tertiary alicyclic amines) is 2. The van der Waals surface area contributed by atoms with Crippen LogP contribution in [0.5, 0.6) is 0 Å². The van der Waals surface area contributed by atoms with Gasteiger partial charge in [-0.3, -0.25) is 19.2 Å². The number of anilines is 1. The summed E-state index contributed by atoms with van der Waals surface area (Å²) in [6.45, 7) is 5.05. The first-order valence-corrected chi connectivity index (χ1v) is 17.8. The molecule has 9 nitrogen and oxygen atoms in total. The molecule has 0 spiro atoms. The van der Waals surface area contributed by atoms with E-state index >= 15 is 0 Å². The van der Waals surface area contributed by atoms with Gasteiger partial charge in [0.2, 0.25) is 17.7 Å². The Bertz CT molecular complexity index is 2060. The summed E-state index contributed by atoms with van der Waals surface area (Å²) in [6, 6.07) is 30.1. The van der Waals surface area contributed by atoms with Gasteiger partial charge in [0.05, 0.1) is 36.2 Å². The monoisotopic (exact) mass is 681 g/mol. The number of amides is 3. The highest BCUT2D eigenvalue weighted by atomic mass is 16.2. The summed E-state index contributed by atoms with van der Waals surface area (Å²) >= 11 is 0. The van der Waals surface area contributed by atoms with Crippen LogP contribution in [0, 0.1) is 0 Å². The molecule has 0 radical (unpaired) electrons. The van der Waals surface area contributed by atoms with Gasteiger partial charge in [0.25, 0.3) is 0 Å². The van der Waals surface area contributed by atoms with Gasteiger partial charge >= 0.3 is 0 Å². The number of rotatable bonds is 10. The molecular weight excluding hydrogens is 638 g/mol. The van der Waals surface area contributed by atoms with Crippen molar-refractivity contribution in [3.05, 3.63) is 120 Å². The first-order chi connectivity index (χ1) is 24.7. The molecule has 2 aliphatic heterocycles. The average molecular weight is 682 g/mol. The number of H-pyrrole nitrogens is 1. The predicted molar refractivity (Wildman–Crippen MR) is 198 cm³/mol. The highest BCUT2D eigenvalue weighted by Crippen LogP contribution is 2.33. The number of benzene rings is 3. The number of ketones is 1. The lowest BCUT2D eigenvalue weighted by Gasteiger charge is -2.32. The second kappa shape index (κ2) is 14.3. The molecule has 0 bridgehead atoms. The number of carbonyl (C=O) groups excluding carboxylic acids is 4. The molecule has 51 heavy (non-hydrogen) atoms. The number of carbonyl (C=O) groups is 4. The highest BCUT2D eigenvalue weighted by Gasteiger charge is 2.42. The zero-order valence-corrected chi connectivity index (χ0v) is 29.1. The van der Waals surface area contributed by atoms with Gasteiger partial charge in [-0.15, -0.1) is 0 Å². The van der Waals surface area contributed by atoms with Crippen molar-refractivity contribution in [2.45, 2.75) is 69.9 Å². The number of pyridine rings is 1. The van der Waals surface area contributed by atoms with E-state index in [0.717, 1.165) is 46.2 Å². The summed E-state index contributed by atoms with van der Waals surface area (Å²) in [5, 5.41) is 3.83. The molecule has 2 unspecified atom stereocenters. The number of nitrogens with one attached hydrogen (secondary N) is 2. The molecule has 3 amide bonds. The molecule has 3 aromatic carbocycles. The Morgan fingerprint density at radius 1 is 0.765 bits per heavy atom. The molecule has 4 heterocycles. The Balaban J connectivity index is 1.01. The molecule has 260 valence electrons. The fourth-order valence-corrected chi connectivity index (χ4v) is 7.51. The van der Waals surface area contributed by atoms with Gasteiger partial charge in [0.1, 0.15) is 11.7 Å². The van der Waals surface area contributed by atoms with Crippen molar-refractivity contribution in [1.29, 1.82) is 0 Å². The summed E-state index contributed by atoms with van der Waals surface area (Å²) in [5.41, 5.74) is 5.04. The van der Waals surface area contributed by atoms with Crippen LogP contribution in [0.1, 0.15) is 56.2 Å². The molecule has 5 aromatic rings. The largest absolute Gasteiger partial charge is 0.339 e. The third-order valence-electron chi connectivity index (χ3n) is 10.4. The summed E-state index contributed by atoms with van der Waals surface area (Å²) in [4.78, 5) is 65.0. The number of aromatic amines is 1. The van der Waals surface area contributed by atoms with Crippen molar-refractivity contribution >= 4 is 40.2 Å². The van der Waals surface area contributed by atoms with Crippen molar-refractivity contribution in [1.82, 2.24) is 19.8 Å². The van der Waals surface area contributed by atoms with E-state index in [1.54, 1.807) is 16.0 Å². The molecule has 2 saturated heterocycles. The second-order valence-electron chi connectivity index (χ2n) is 14.2. The van der Waals surface area contributed by atoms with Crippen molar-refractivity contribution in [2.24, 2.45) is 0 Å². The lowest BCUT2D eigenvalue weighted by molar-refractivity contribution is -0.139. The highest BCUT2D eigenvalue weighted by molar-refractivity contribution is 5.99. The predicted octanol–water partition coefficient (Wildman–Crippen LogP) is 6.48. The van der Waals surface area contributed by atoms with Crippen LogP contribution in [-0.4, -0.2) is 68.4 Å². The Kier molecular flexibility index (Phi) is 9.54. The molecule has 2 aliphatic rings. The topological polar surface area (TPSA) is 115 Å². The molecule has 2 aromatic heterocycles. The second-order valence-corrected chi connectivity index (χ2v) is 14.2. The van der Waals surface area contributed by atoms with Crippen LogP contribution in [0.4, 0.5) is 5.69 Å². The van der Waals surface area contributed by atoms with Crippen molar-refractivity contribution in [2.75, 3.05) is 18.4 Å². The van der Waals surface area contributed by atoms with E-state index in [1.165, 1.54) is 0 Å². The molecular formula is C42H43N5O4. The Hall–Kier alpha value is -5.57. The van der Waals surface area contributed by atoms with Crippen molar-refractivity contribution in [3.8, 4) is 11.3 Å². The number of fused-ring (bicyclic) bond motifs is 1. The van der Waals surface area contributed by atoms with E-state index in [2.05, 4.69) is 15.3 Å². The van der Waals surface area contributed by atoms with E-state index in [1.807, 2.05) is 111 Å². The van der Waals surface area contributed by atoms with Gasteiger partial charge in [-0.25, -0.2) is 4.98 Å². The number of Topliss-reactive ketones (excluding diaryl/α,β-unsaturated/α-hetero) is 1. The van der Waals surface area contributed by atoms with E-state index in [4.69, 9.17) is 0 Å². The van der Waals surface area contributed by atoms with Crippen LogP contribution >= 0.6 is 0 Å². The van der Waals surface area contributed by atoms with Gasteiger partial charge in [0, 0.05) is 24.2 Å². The third kappa shape index (κ3) is 7.20. The lowest BCUT2D eigenvalue weighted by Crippen LogP contribution is -2.47. The van der Waals surface area contributed by atoms with Crippen LogP contribution < -0.4 is 5.32 Å². The first kappa shape index (κ1) is 33.9. The summed E-state index contributed by atoms with van der Waals surface area (Å²) < 4.78 is 0. The van der Waals surface area contributed by atoms with Crippen LogP contribution in [0.25, 0.3) is 22.3 Å². The van der Waals surface area contributed by atoms with E-state index in [9.17, 15) is 19.2 Å². The van der Waals surface area contributed by atoms with Crippen molar-refractivity contribution in [3.63, 3.8) is 0 Å². The lowest BCUT2D eigenvalue weighted by atomic mass is 9.77. The number of aromatic nitrogens is 2. The molecule has 0 aliphatic carbocycles. The number of hydrogen-bond acceptors (Lipinski definition) is 5. The molecule has 7 rings (SSSR count). The molecule has 2 atom stereocenters. The fourth-order valence-electron chi connectivity index (χ4n) is 7.51. The molecule has 2 fully saturated rings. The minimum absolute atomic E-state index is 0.00668. The summed E-state index contributed by atoms with van der Waals surface area (Å²) in [6.07, 6.45) is 5.10. The standard InChI is InChI=1S/C42H43N5O4/c1-42(2,39(50)35-15-9-21-46(35)37(48)23-28-11-5-3-6-12-28)32-19-17-30(18-20-32)34-26-31-25-33(27-43-40(31)45-34)44-41(51)36-16-10-22-47(36)38(49)24-29-13-7-4-8-14-29/h3-8,11-14,17-20,25-27,35-36H,9-10,15-16,21-24H2,1-2H3,(H,43,45)(H,44,51). The maximum Gasteiger partial charge on any atom is 0.247 e. The molecule has 2 N–H and O–H groups in total. The smallest absolute Gasteiger partial charge is 0.247 e. The van der Waals surface area contributed by atoms with Gasteiger partial charge in [-0.1, -0.05) is 84.9 Å². The van der Waals surface area contributed by atoms with Crippen LogP contribution in [0.3, 0.4) is 0 Å². The molecule has 9 heteroatoms. The first-order valence-electron chi connectivity index (χ1n) is 17.8. The summed E-state index contributed by atoms with van der Waals surface area (Å²) in [5.74, 6) is -0.205. The number of nitrogens with zero attached hydrogens (tertiary/aromatic N) is 3. The summed E-state index contributed by atoms with van der Waals surface area (Å²) in [7, 11) is 0. The Morgan fingerprint density at radius 2 is 1.33 bits per heavy atom. The van der Waals surface area contributed by atoms with Crippen LogP contribution in [0.15, 0.2) is 103 Å². The van der Waals surface area contributed by atoms with E-state index in [0.29, 0.717) is 43.7 Å². The fraction of sp³-hybridized carbons (Fsp3) is 0.310. The zero-order valence-electron chi connectivity index (χ0n) is 29.1. The SMILES string of the molecule is CC(C)(C(=O)C1CCCN1C(=O)Cc1ccccc1)c1ccc(-c2cc3cc(NC(=O)C4CCCN4C(=O)Cc4ccccc4)cnc3[nH]2)cc1. The van der Waals surface area contributed by atoms with Gasteiger partial charge < -0.3 is 20.1 Å². The normalized spacial score (nSPS) is 17.5. The quantitative estimate of drug-likeness (QED) is 0.175. The van der Waals surface area contributed by atoms with Crippen LogP contribution in [0.2, 0.25) is 0 Å². The van der Waals surface area contributed by atoms with Gasteiger partial charge in [-0.2, -0.15) is 0 Å². The Morgan fingerprint density at radius 3 is 1.94 bits per heavy atom. The minimum atomic E-state index is -0.783. The maximum absolute atomic E-state index is 14.0.